The van der Waals surface area contributed by atoms with Gasteiger partial charge in [-0.3, -0.25) is 0 Å². The van der Waals surface area contributed by atoms with Crippen LogP contribution in [0.15, 0.2) is 35.5 Å². The van der Waals surface area contributed by atoms with E-state index in [2.05, 4.69) is 29.6 Å². The van der Waals surface area contributed by atoms with Gasteiger partial charge >= 0.3 is 0 Å². The maximum absolute atomic E-state index is 13.1. The number of aromatic nitrogens is 1. The molecule has 1 unspecified atom stereocenters. The molecule has 0 bridgehead atoms. The standard InChI is InChI=1S/C17H19FN2O/c1-11-8-16(19-21-3)15-10-12(2)20(17(15)9-11)14-6-4-13(18)5-7-14/h4-7,10-11H,8-9H2,1-3H3. The lowest BCUT2D eigenvalue weighted by Crippen LogP contribution is -2.20. The fraction of sp³-hybridized carbons (Fsp3) is 0.353. The molecule has 1 aliphatic rings. The van der Waals surface area contributed by atoms with Crippen LogP contribution in [-0.4, -0.2) is 17.4 Å². The normalized spacial score (nSPS) is 19.6. The Labute approximate surface area is 124 Å². The first-order valence-electron chi connectivity index (χ1n) is 7.17. The number of aryl methyl sites for hydroxylation is 1. The summed E-state index contributed by atoms with van der Waals surface area (Å²) in [5.41, 5.74) is 5.49. The molecule has 0 saturated carbocycles. The molecule has 0 N–H and O–H groups in total. The smallest absolute Gasteiger partial charge is 0.123 e. The van der Waals surface area contributed by atoms with E-state index in [4.69, 9.17) is 4.84 Å². The lowest BCUT2D eigenvalue weighted by Gasteiger charge is -2.22. The third-order valence-corrected chi connectivity index (χ3v) is 3.97. The SMILES string of the molecule is CON=C1CC(C)Cc2c1cc(C)n2-c1ccc(F)cc1. The number of fused-ring (bicyclic) bond motifs is 1. The molecule has 2 aromatic rings. The summed E-state index contributed by atoms with van der Waals surface area (Å²) < 4.78 is 15.3. The van der Waals surface area contributed by atoms with Gasteiger partial charge in [0.25, 0.3) is 0 Å². The quantitative estimate of drug-likeness (QED) is 0.770. The number of halogens is 1. The molecule has 1 atom stereocenters. The monoisotopic (exact) mass is 286 g/mol. The number of hydrogen-bond acceptors (Lipinski definition) is 2. The van der Waals surface area contributed by atoms with E-state index in [1.54, 1.807) is 7.11 Å². The molecule has 3 nitrogen and oxygen atoms in total. The zero-order valence-electron chi connectivity index (χ0n) is 12.6. The highest BCUT2D eigenvalue weighted by molar-refractivity contribution is 6.02. The van der Waals surface area contributed by atoms with E-state index in [0.29, 0.717) is 5.92 Å². The minimum atomic E-state index is -0.215. The van der Waals surface area contributed by atoms with E-state index in [0.717, 1.165) is 35.5 Å². The Morgan fingerprint density at radius 3 is 2.62 bits per heavy atom. The van der Waals surface area contributed by atoms with Crippen LogP contribution < -0.4 is 0 Å². The van der Waals surface area contributed by atoms with Crippen molar-refractivity contribution in [1.29, 1.82) is 0 Å². The Hall–Kier alpha value is -2.10. The van der Waals surface area contributed by atoms with Crippen molar-refractivity contribution in [3.8, 4) is 5.69 Å². The first-order valence-corrected chi connectivity index (χ1v) is 7.17. The van der Waals surface area contributed by atoms with Gasteiger partial charge in [0, 0.05) is 22.6 Å². The van der Waals surface area contributed by atoms with Crippen LogP contribution in [0.1, 0.15) is 30.3 Å². The van der Waals surface area contributed by atoms with E-state index < -0.39 is 0 Å². The first-order chi connectivity index (χ1) is 10.1. The van der Waals surface area contributed by atoms with Crippen molar-refractivity contribution in [3.05, 3.63) is 53.1 Å². The van der Waals surface area contributed by atoms with Crippen LogP contribution in [0.2, 0.25) is 0 Å². The molecule has 0 amide bonds. The predicted molar refractivity (Wildman–Crippen MR) is 81.5 cm³/mol. The molecule has 0 radical (unpaired) electrons. The van der Waals surface area contributed by atoms with Gasteiger partial charge in [-0.15, -0.1) is 0 Å². The van der Waals surface area contributed by atoms with Crippen molar-refractivity contribution in [2.24, 2.45) is 11.1 Å². The van der Waals surface area contributed by atoms with Crippen LogP contribution in [0.5, 0.6) is 0 Å². The summed E-state index contributed by atoms with van der Waals surface area (Å²) in [5, 5.41) is 4.18. The molecule has 0 aliphatic heterocycles. The molecule has 1 heterocycles. The van der Waals surface area contributed by atoms with E-state index in [1.165, 1.54) is 17.8 Å². The van der Waals surface area contributed by atoms with Crippen molar-refractivity contribution >= 4 is 5.71 Å². The Morgan fingerprint density at radius 1 is 1.24 bits per heavy atom. The Kier molecular flexibility index (Phi) is 3.53. The van der Waals surface area contributed by atoms with Crippen LogP contribution in [0.3, 0.4) is 0 Å². The van der Waals surface area contributed by atoms with Crippen LogP contribution in [-0.2, 0) is 11.3 Å². The second-order valence-electron chi connectivity index (χ2n) is 5.69. The van der Waals surface area contributed by atoms with Gasteiger partial charge in [-0.2, -0.15) is 0 Å². The number of nitrogens with zero attached hydrogens (tertiary/aromatic N) is 2. The van der Waals surface area contributed by atoms with E-state index in [1.807, 2.05) is 12.1 Å². The third-order valence-electron chi connectivity index (χ3n) is 3.97. The van der Waals surface area contributed by atoms with E-state index in [-0.39, 0.29) is 5.82 Å². The molecule has 110 valence electrons. The lowest BCUT2D eigenvalue weighted by atomic mass is 9.87. The lowest BCUT2D eigenvalue weighted by molar-refractivity contribution is 0.212. The van der Waals surface area contributed by atoms with Gasteiger partial charge in [0.15, 0.2) is 0 Å². The molecule has 0 fully saturated rings. The van der Waals surface area contributed by atoms with E-state index >= 15 is 0 Å². The Balaban J connectivity index is 2.16. The second kappa shape index (κ2) is 5.35. The van der Waals surface area contributed by atoms with Gasteiger partial charge in [0.2, 0.25) is 0 Å². The summed E-state index contributed by atoms with van der Waals surface area (Å²) in [4.78, 5) is 4.99. The number of rotatable bonds is 2. The van der Waals surface area contributed by atoms with Crippen LogP contribution in [0.4, 0.5) is 4.39 Å². The van der Waals surface area contributed by atoms with Crippen molar-refractivity contribution in [1.82, 2.24) is 4.57 Å². The van der Waals surface area contributed by atoms with Crippen LogP contribution in [0, 0.1) is 18.7 Å². The second-order valence-corrected chi connectivity index (χ2v) is 5.69. The maximum Gasteiger partial charge on any atom is 0.123 e. The highest BCUT2D eigenvalue weighted by atomic mass is 19.1. The van der Waals surface area contributed by atoms with Gasteiger partial charge in [0.1, 0.15) is 12.9 Å². The number of hydrogen-bond donors (Lipinski definition) is 0. The maximum atomic E-state index is 13.1. The summed E-state index contributed by atoms with van der Waals surface area (Å²) >= 11 is 0. The average Bonchev–Trinajstić information content (AvgIpc) is 2.77. The topological polar surface area (TPSA) is 26.5 Å². The Morgan fingerprint density at radius 2 is 1.95 bits per heavy atom. The highest BCUT2D eigenvalue weighted by Crippen LogP contribution is 2.31. The van der Waals surface area contributed by atoms with Gasteiger partial charge in [-0.1, -0.05) is 12.1 Å². The zero-order valence-corrected chi connectivity index (χ0v) is 12.6. The highest BCUT2D eigenvalue weighted by Gasteiger charge is 2.26. The Bertz CT molecular complexity index is 686. The van der Waals surface area contributed by atoms with E-state index in [9.17, 15) is 4.39 Å². The third kappa shape index (κ3) is 2.46. The summed E-state index contributed by atoms with van der Waals surface area (Å²) in [6, 6.07) is 8.77. The van der Waals surface area contributed by atoms with Gasteiger partial charge in [0.05, 0.1) is 5.71 Å². The summed E-state index contributed by atoms with van der Waals surface area (Å²) in [7, 11) is 1.58. The van der Waals surface area contributed by atoms with Crippen molar-refractivity contribution in [2.75, 3.05) is 7.11 Å². The molecule has 1 aliphatic carbocycles. The van der Waals surface area contributed by atoms with Crippen molar-refractivity contribution < 1.29 is 9.23 Å². The van der Waals surface area contributed by atoms with Crippen LogP contribution in [0.25, 0.3) is 5.69 Å². The van der Waals surface area contributed by atoms with Crippen molar-refractivity contribution in [2.45, 2.75) is 26.7 Å². The fourth-order valence-electron chi connectivity index (χ4n) is 3.13. The summed E-state index contributed by atoms with van der Waals surface area (Å²) in [6.45, 7) is 4.28. The minimum absolute atomic E-state index is 0.215. The van der Waals surface area contributed by atoms with Crippen molar-refractivity contribution in [3.63, 3.8) is 0 Å². The molecule has 4 heteroatoms. The van der Waals surface area contributed by atoms with Crippen LogP contribution >= 0.6 is 0 Å². The molecular formula is C17H19FN2O. The predicted octanol–water partition coefficient (Wildman–Crippen LogP) is 3.86. The molecule has 0 spiro atoms. The summed E-state index contributed by atoms with van der Waals surface area (Å²) in [6.07, 6.45) is 1.91. The van der Waals surface area contributed by atoms with Gasteiger partial charge in [-0.05, 0) is 56.0 Å². The molecular weight excluding hydrogens is 267 g/mol. The molecule has 3 rings (SSSR count). The molecule has 1 aromatic carbocycles. The minimum Gasteiger partial charge on any atom is -0.399 e. The zero-order chi connectivity index (χ0) is 15.0. The number of oxime groups is 1. The fourth-order valence-corrected chi connectivity index (χ4v) is 3.13. The molecule has 1 aromatic heterocycles. The first kappa shape index (κ1) is 13.9. The largest absolute Gasteiger partial charge is 0.399 e. The van der Waals surface area contributed by atoms with Gasteiger partial charge < -0.3 is 9.40 Å². The molecule has 0 saturated heterocycles. The average molecular weight is 286 g/mol. The number of benzene rings is 1. The molecule has 21 heavy (non-hydrogen) atoms. The summed E-state index contributed by atoms with van der Waals surface area (Å²) in [5.74, 6) is 0.298. The van der Waals surface area contributed by atoms with Gasteiger partial charge in [-0.25, -0.2) is 4.39 Å².